The number of amides is 3. The Morgan fingerprint density at radius 2 is 2.29 bits per heavy atom. The van der Waals surface area contributed by atoms with Crippen LogP contribution in [0.25, 0.3) is 5.65 Å². The number of nitrogens with zero attached hydrogens (tertiary/aromatic N) is 3. The van der Waals surface area contributed by atoms with E-state index in [0.717, 1.165) is 30.5 Å². The number of carbonyl (C=O) groups excluding carboxylic acids is 2. The minimum atomic E-state index is -0.526. The van der Waals surface area contributed by atoms with Crippen molar-refractivity contribution in [2.45, 2.75) is 26.2 Å². The van der Waals surface area contributed by atoms with Gasteiger partial charge in [0.1, 0.15) is 5.65 Å². The van der Waals surface area contributed by atoms with Gasteiger partial charge in [-0.15, -0.1) is 0 Å². The maximum atomic E-state index is 12.6. The van der Waals surface area contributed by atoms with E-state index in [2.05, 4.69) is 10.3 Å². The molecule has 2 aromatic heterocycles. The van der Waals surface area contributed by atoms with Crippen molar-refractivity contribution in [3.63, 3.8) is 0 Å². The summed E-state index contributed by atoms with van der Waals surface area (Å²) in [4.78, 5) is 30.6. The molecule has 0 unspecified atom stereocenters. The molecule has 3 heterocycles. The highest BCUT2D eigenvalue weighted by Gasteiger charge is 2.54. The fraction of sp³-hybridized carbons (Fsp3) is 0.471. The van der Waals surface area contributed by atoms with Gasteiger partial charge in [-0.05, 0) is 37.3 Å². The quantitative estimate of drug-likeness (QED) is 0.880. The monoisotopic (exact) mass is 327 g/mol. The van der Waals surface area contributed by atoms with E-state index >= 15 is 0 Å². The lowest BCUT2D eigenvalue weighted by Gasteiger charge is -2.24. The highest BCUT2D eigenvalue weighted by molar-refractivity contribution is 5.91. The molecule has 4 rings (SSSR count). The van der Waals surface area contributed by atoms with Gasteiger partial charge in [-0.2, -0.15) is 0 Å². The van der Waals surface area contributed by atoms with E-state index in [0.29, 0.717) is 18.8 Å². The second kappa shape index (κ2) is 5.22. The van der Waals surface area contributed by atoms with Gasteiger partial charge in [-0.25, -0.2) is 9.78 Å². The molecule has 0 radical (unpaired) electrons. The maximum Gasteiger partial charge on any atom is 0.321 e. The molecule has 1 saturated heterocycles. The number of primary amides is 1. The number of nitrogens with one attached hydrogen (secondary N) is 1. The fourth-order valence-corrected chi connectivity index (χ4v) is 4.33. The normalized spacial score (nSPS) is 25.9. The van der Waals surface area contributed by atoms with E-state index in [-0.39, 0.29) is 17.9 Å². The summed E-state index contributed by atoms with van der Waals surface area (Å²) in [5, 5.41) is 2.94. The molecule has 2 aliphatic rings. The summed E-state index contributed by atoms with van der Waals surface area (Å²) < 4.78 is 1.88. The molecule has 2 fully saturated rings. The van der Waals surface area contributed by atoms with Crippen LogP contribution in [0.1, 0.15) is 24.8 Å². The smallest absolute Gasteiger partial charge is 0.321 e. The summed E-state index contributed by atoms with van der Waals surface area (Å²) >= 11 is 0. The number of aryl methyl sites for hydroxylation is 1. The predicted molar refractivity (Wildman–Crippen MR) is 89.5 cm³/mol. The Hall–Kier alpha value is -2.57. The van der Waals surface area contributed by atoms with E-state index in [1.165, 1.54) is 0 Å². The van der Waals surface area contributed by atoms with Crippen molar-refractivity contribution < 1.29 is 9.59 Å². The average Bonchev–Trinajstić information content (AvgIpc) is 3.20. The van der Waals surface area contributed by atoms with Crippen molar-refractivity contribution in [2.75, 3.05) is 18.4 Å². The molecule has 0 bridgehead atoms. The standard InChI is InChI=1S/C17H21N5O2/c1-11-7-13(9-21-6-5-19-14(11)21)20-16(24)22-8-12-3-2-4-17(12,10-22)15(18)23/h5-7,9,12H,2-4,8,10H2,1H3,(H2,18,23)(H,20,24)/t12-,17-/m0/s1. The molecule has 7 heteroatoms. The van der Waals surface area contributed by atoms with Crippen LogP contribution in [0.15, 0.2) is 24.7 Å². The summed E-state index contributed by atoms with van der Waals surface area (Å²) in [5.74, 6) is -0.0744. The molecule has 3 N–H and O–H groups in total. The number of anilines is 1. The topological polar surface area (TPSA) is 92.7 Å². The maximum absolute atomic E-state index is 12.6. The lowest BCUT2D eigenvalue weighted by molar-refractivity contribution is -0.128. The molecule has 2 aromatic rings. The van der Waals surface area contributed by atoms with Crippen LogP contribution in [0.5, 0.6) is 0 Å². The zero-order chi connectivity index (χ0) is 16.9. The number of rotatable bonds is 2. The largest absolute Gasteiger partial charge is 0.369 e. The Bertz CT molecular complexity index is 829. The van der Waals surface area contributed by atoms with Gasteiger partial charge >= 0.3 is 6.03 Å². The first-order valence-corrected chi connectivity index (χ1v) is 8.29. The van der Waals surface area contributed by atoms with Gasteiger partial charge in [0.05, 0.1) is 11.1 Å². The lowest BCUT2D eigenvalue weighted by Crippen LogP contribution is -2.42. The zero-order valence-corrected chi connectivity index (χ0v) is 13.7. The minimum absolute atomic E-state index is 0.177. The van der Waals surface area contributed by atoms with Crippen molar-refractivity contribution >= 4 is 23.3 Å². The van der Waals surface area contributed by atoms with E-state index in [1.807, 2.05) is 29.8 Å². The van der Waals surface area contributed by atoms with Gasteiger partial charge in [-0.1, -0.05) is 6.42 Å². The second-order valence-electron chi connectivity index (χ2n) is 6.99. The first-order valence-electron chi connectivity index (χ1n) is 8.29. The fourth-order valence-electron chi connectivity index (χ4n) is 4.33. The Morgan fingerprint density at radius 1 is 1.46 bits per heavy atom. The van der Waals surface area contributed by atoms with Crippen molar-refractivity contribution in [3.8, 4) is 0 Å². The average molecular weight is 327 g/mol. The van der Waals surface area contributed by atoms with Crippen molar-refractivity contribution in [3.05, 3.63) is 30.2 Å². The Kier molecular flexibility index (Phi) is 3.26. The highest BCUT2D eigenvalue weighted by atomic mass is 16.2. The summed E-state index contributed by atoms with van der Waals surface area (Å²) in [6.07, 6.45) is 8.18. The van der Waals surface area contributed by atoms with Crippen molar-refractivity contribution in [1.29, 1.82) is 0 Å². The predicted octanol–water partition coefficient (Wildman–Crippen LogP) is 1.76. The summed E-state index contributed by atoms with van der Waals surface area (Å²) in [7, 11) is 0. The van der Waals surface area contributed by atoms with Gasteiger partial charge in [-0.3, -0.25) is 4.79 Å². The minimum Gasteiger partial charge on any atom is -0.369 e. The number of hydrogen-bond acceptors (Lipinski definition) is 3. The summed E-state index contributed by atoms with van der Waals surface area (Å²) in [5.41, 5.74) is 7.70. The lowest BCUT2D eigenvalue weighted by atomic mass is 9.80. The van der Waals surface area contributed by atoms with Crippen LogP contribution in [0, 0.1) is 18.3 Å². The van der Waals surface area contributed by atoms with E-state index in [9.17, 15) is 9.59 Å². The molecule has 24 heavy (non-hydrogen) atoms. The molecule has 1 aliphatic heterocycles. The Morgan fingerprint density at radius 3 is 3.04 bits per heavy atom. The first-order chi connectivity index (χ1) is 11.5. The van der Waals surface area contributed by atoms with E-state index < -0.39 is 5.41 Å². The van der Waals surface area contributed by atoms with Gasteiger partial charge in [0.25, 0.3) is 0 Å². The number of fused-ring (bicyclic) bond motifs is 2. The Labute approximate surface area is 139 Å². The number of imidazole rings is 1. The number of hydrogen-bond donors (Lipinski definition) is 2. The molecule has 7 nitrogen and oxygen atoms in total. The van der Waals surface area contributed by atoms with Gasteiger partial charge in [0.15, 0.2) is 0 Å². The van der Waals surface area contributed by atoms with E-state index in [4.69, 9.17) is 5.73 Å². The van der Waals surface area contributed by atoms with Gasteiger partial charge < -0.3 is 20.4 Å². The van der Waals surface area contributed by atoms with Crippen LogP contribution in [-0.2, 0) is 4.79 Å². The number of aromatic nitrogens is 2. The first kappa shape index (κ1) is 15.0. The highest BCUT2D eigenvalue weighted by Crippen LogP contribution is 2.48. The third-order valence-corrected chi connectivity index (χ3v) is 5.57. The number of pyridine rings is 1. The molecule has 1 saturated carbocycles. The van der Waals surface area contributed by atoms with Crippen molar-refractivity contribution in [1.82, 2.24) is 14.3 Å². The second-order valence-corrected chi connectivity index (χ2v) is 6.99. The van der Waals surface area contributed by atoms with Crippen LogP contribution >= 0.6 is 0 Å². The SMILES string of the molecule is Cc1cc(NC(=O)N2C[C@@H]3CCC[C@]3(C(N)=O)C2)cn2ccnc12. The summed E-state index contributed by atoms with van der Waals surface area (Å²) in [6.45, 7) is 2.98. The molecule has 0 spiro atoms. The van der Waals surface area contributed by atoms with Gasteiger partial charge in [0.2, 0.25) is 5.91 Å². The van der Waals surface area contributed by atoms with Crippen LogP contribution in [0.2, 0.25) is 0 Å². The van der Waals surface area contributed by atoms with Crippen LogP contribution < -0.4 is 11.1 Å². The molecular formula is C17H21N5O2. The van der Waals surface area contributed by atoms with Crippen LogP contribution in [0.3, 0.4) is 0 Å². The molecule has 2 atom stereocenters. The number of likely N-dealkylation sites (tertiary alicyclic amines) is 1. The zero-order valence-electron chi connectivity index (χ0n) is 13.7. The summed E-state index contributed by atoms with van der Waals surface area (Å²) in [6, 6.07) is 1.73. The molecule has 126 valence electrons. The van der Waals surface area contributed by atoms with Gasteiger partial charge in [0, 0.05) is 31.7 Å². The molecule has 3 amide bonds. The third-order valence-electron chi connectivity index (χ3n) is 5.57. The van der Waals surface area contributed by atoms with E-state index in [1.54, 1.807) is 11.1 Å². The van der Waals surface area contributed by atoms with Crippen LogP contribution in [-0.4, -0.2) is 39.3 Å². The molecule has 1 aliphatic carbocycles. The third kappa shape index (κ3) is 2.15. The number of nitrogens with two attached hydrogens (primary N) is 1. The number of carbonyl (C=O) groups is 2. The Balaban J connectivity index is 1.53. The van der Waals surface area contributed by atoms with Crippen LogP contribution in [0.4, 0.5) is 10.5 Å². The molecular weight excluding hydrogens is 306 g/mol. The molecule has 0 aromatic carbocycles. The number of urea groups is 1. The van der Waals surface area contributed by atoms with Crippen molar-refractivity contribution in [2.24, 2.45) is 17.1 Å².